The van der Waals surface area contributed by atoms with Gasteiger partial charge in [-0.2, -0.15) is 0 Å². The fourth-order valence-corrected chi connectivity index (χ4v) is 3.29. The molecule has 3 rings (SSSR count). The zero-order chi connectivity index (χ0) is 16.3. The second-order valence-electron chi connectivity index (χ2n) is 6.50. The Morgan fingerprint density at radius 2 is 1.65 bits per heavy atom. The van der Waals surface area contributed by atoms with Gasteiger partial charge in [-0.1, -0.05) is 66.7 Å². The Kier molecular flexibility index (Phi) is 4.65. The monoisotopic (exact) mass is 308 g/mol. The molecule has 3 atom stereocenters. The van der Waals surface area contributed by atoms with Crippen molar-refractivity contribution in [2.24, 2.45) is 5.92 Å². The minimum Gasteiger partial charge on any atom is -0.350 e. The van der Waals surface area contributed by atoms with Gasteiger partial charge in [-0.05, 0) is 25.0 Å². The third kappa shape index (κ3) is 3.54. The van der Waals surface area contributed by atoms with Gasteiger partial charge in [0.15, 0.2) is 5.79 Å². The highest BCUT2D eigenvalue weighted by Crippen LogP contribution is 2.43. The summed E-state index contributed by atoms with van der Waals surface area (Å²) in [7, 11) is 0. The normalized spacial score (nSPS) is 24.8. The second kappa shape index (κ2) is 6.69. The topological polar surface area (TPSA) is 18.5 Å². The van der Waals surface area contributed by atoms with E-state index in [0.29, 0.717) is 6.61 Å². The number of ether oxygens (including phenoxy) is 2. The summed E-state index contributed by atoms with van der Waals surface area (Å²) in [6.07, 6.45) is 2.00. The smallest absolute Gasteiger partial charge is 0.163 e. The van der Waals surface area contributed by atoms with Gasteiger partial charge in [0.2, 0.25) is 0 Å². The molecule has 1 aliphatic heterocycles. The zero-order valence-corrected chi connectivity index (χ0v) is 13.8. The van der Waals surface area contributed by atoms with Gasteiger partial charge in [-0.3, -0.25) is 0 Å². The molecular formula is C21H24O2. The quantitative estimate of drug-likeness (QED) is 0.732. The predicted octanol–water partition coefficient (Wildman–Crippen LogP) is 5.10. The molecule has 0 N–H and O–H groups in total. The summed E-state index contributed by atoms with van der Waals surface area (Å²) in [4.78, 5) is 0. The van der Waals surface area contributed by atoms with Crippen molar-refractivity contribution in [1.82, 2.24) is 0 Å². The highest BCUT2D eigenvalue weighted by Gasteiger charge is 2.40. The summed E-state index contributed by atoms with van der Waals surface area (Å²) < 4.78 is 12.3. The molecular weight excluding hydrogens is 284 g/mol. The second-order valence-corrected chi connectivity index (χ2v) is 6.50. The van der Waals surface area contributed by atoms with Crippen molar-refractivity contribution >= 4 is 0 Å². The van der Waals surface area contributed by atoms with E-state index >= 15 is 0 Å². The molecule has 0 bridgehead atoms. The summed E-state index contributed by atoms with van der Waals surface area (Å²) in [5, 5.41) is 0. The molecule has 0 spiro atoms. The molecule has 1 saturated heterocycles. The molecule has 2 nitrogen and oxygen atoms in total. The van der Waals surface area contributed by atoms with E-state index in [1.54, 1.807) is 0 Å². The maximum Gasteiger partial charge on any atom is 0.163 e. The van der Waals surface area contributed by atoms with Gasteiger partial charge in [0.25, 0.3) is 0 Å². The van der Waals surface area contributed by atoms with E-state index in [0.717, 1.165) is 0 Å². The van der Waals surface area contributed by atoms with Gasteiger partial charge < -0.3 is 9.47 Å². The molecule has 0 unspecified atom stereocenters. The van der Waals surface area contributed by atoms with Crippen molar-refractivity contribution in [3.05, 3.63) is 84.4 Å². The van der Waals surface area contributed by atoms with Crippen molar-refractivity contribution < 1.29 is 9.47 Å². The van der Waals surface area contributed by atoms with Gasteiger partial charge in [-0.15, -0.1) is 6.58 Å². The fourth-order valence-electron chi connectivity index (χ4n) is 3.29. The number of hydrogen-bond donors (Lipinski definition) is 0. The van der Waals surface area contributed by atoms with Crippen molar-refractivity contribution in [2.75, 3.05) is 6.61 Å². The van der Waals surface area contributed by atoms with Crippen LogP contribution in [-0.4, -0.2) is 12.4 Å². The van der Waals surface area contributed by atoms with Crippen LogP contribution in [-0.2, 0) is 9.47 Å². The third-order valence-corrected chi connectivity index (χ3v) is 4.45. The fraction of sp³-hybridized carbons (Fsp3) is 0.333. The Morgan fingerprint density at radius 1 is 1.04 bits per heavy atom. The van der Waals surface area contributed by atoms with Crippen LogP contribution in [0, 0.1) is 5.92 Å². The lowest BCUT2D eigenvalue weighted by Gasteiger charge is -2.43. The van der Waals surface area contributed by atoms with Gasteiger partial charge in [0, 0.05) is 11.8 Å². The van der Waals surface area contributed by atoms with Crippen molar-refractivity contribution in [2.45, 2.75) is 31.7 Å². The Morgan fingerprint density at radius 3 is 2.26 bits per heavy atom. The lowest BCUT2D eigenvalue weighted by atomic mass is 9.80. The molecule has 0 radical (unpaired) electrons. The largest absolute Gasteiger partial charge is 0.350 e. The Labute approximate surface area is 138 Å². The minimum absolute atomic E-state index is 0.0110. The Hall–Kier alpha value is -1.90. The van der Waals surface area contributed by atoms with E-state index in [-0.39, 0.29) is 17.9 Å². The first-order chi connectivity index (χ1) is 11.1. The van der Waals surface area contributed by atoms with Crippen LogP contribution in [0.2, 0.25) is 0 Å². The Bertz CT molecular complexity index is 633. The number of hydrogen-bond acceptors (Lipinski definition) is 2. The molecule has 0 saturated carbocycles. The SMILES string of the molecule is C=C[C@@H](c1ccccc1)[C@H]1COC(C)(C)O[C@H]1c1ccccc1. The van der Waals surface area contributed by atoms with Gasteiger partial charge >= 0.3 is 0 Å². The standard InChI is InChI=1S/C21H24O2/c1-4-18(16-11-7-5-8-12-16)19-15-22-21(2,3)23-20(19)17-13-9-6-10-14-17/h4-14,18-20H,1,15H2,2-3H3/t18-,19+,20-/m0/s1. The molecule has 120 valence electrons. The lowest BCUT2D eigenvalue weighted by Crippen LogP contribution is -2.43. The third-order valence-electron chi connectivity index (χ3n) is 4.45. The van der Waals surface area contributed by atoms with E-state index in [9.17, 15) is 0 Å². The number of rotatable bonds is 4. The average molecular weight is 308 g/mol. The lowest BCUT2D eigenvalue weighted by molar-refractivity contribution is -0.297. The minimum atomic E-state index is -0.570. The van der Waals surface area contributed by atoms with E-state index in [2.05, 4.69) is 55.1 Å². The van der Waals surface area contributed by atoms with Crippen LogP contribution in [0.4, 0.5) is 0 Å². The summed E-state index contributed by atoms with van der Waals surface area (Å²) in [6.45, 7) is 8.67. The molecule has 2 aromatic carbocycles. The molecule has 23 heavy (non-hydrogen) atoms. The molecule has 0 aromatic heterocycles. The van der Waals surface area contributed by atoms with E-state index in [1.165, 1.54) is 11.1 Å². The van der Waals surface area contributed by atoms with Crippen LogP contribution in [0.15, 0.2) is 73.3 Å². The first-order valence-electron chi connectivity index (χ1n) is 8.15. The van der Waals surface area contributed by atoms with Crippen LogP contribution < -0.4 is 0 Å². The van der Waals surface area contributed by atoms with E-state index < -0.39 is 5.79 Å². The van der Waals surface area contributed by atoms with Gasteiger partial charge in [0.05, 0.1) is 12.7 Å². The molecule has 0 amide bonds. The van der Waals surface area contributed by atoms with E-state index in [4.69, 9.17) is 9.47 Å². The number of allylic oxidation sites excluding steroid dienone is 1. The van der Waals surface area contributed by atoms with Crippen molar-refractivity contribution in [3.63, 3.8) is 0 Å². The number of benzene rings is 2. The summed E-state index contributed by atoms with van der Waals surface area (Å²) in [6, 6.07) is 20.9. The molecule has 1 heterocycles. The van der Waals surface area contributed by atoms with Crippen LogP contribution in [0.3, 0.4) is 0 Å². The molecule has 2 heteroatoms. The zero-order valence-electron chi connectivity index (χ0n) is 13.8. The van der Waals surface area contributed by atoms with Crippen molar-refractivity contribution in [3.8, 4) is 0 Å². The molecule has 2 aromatic rings. The predicted molar refractivity (Wildman–Crippen MR) is 93.2 cm³/mol. The molecule has 1 fully saturated rings. The van der Waals surface area contributed by atoms with Gasteiger partial charge in [-0.25, -0.2) is 0 Å². The maximum atomic E-state index is 6.31. The van der Waals surface area contributed by atoms with Crippen LogP contribution in [0.1, 0.15) is 37.0 Å². The van der Waals surface area contributed by atoms with Crippen LogP contribution in [0.5, 0.6) is 0 Å². The molecule has 1 aliphatic rings. The molecule has 0 aliphatic carbocycles. The summed E-state index contributed by atoms with van der Waals surface area (Å²) in [5.74, 6) is -0.179. The summed E-state index contributed by atoms with van der Waals surface area (Å²) >= 11 is 0. The first-order valence-corrected chi connectivity index (χ1v) is 8.15. The highest BCUT2D eigenvalue weighted by atomic mass is 16.7. The van der Waals surface area contributed by atoms with Crippen LogP contribution >= 0.6 is 0 Å². The van der Waals surface area contributed by atoms with Gasteiger partial charge in [0.1, 0.15) is 0 Å². The van der Waals surface area contributed by atoms with E-state index in [1.807, 2.05) is 32.1 Å². The summed E-state index contributed by atoms with van der Waals surface area (Å²) in [5.41, 5.74) is 2.44. The first kappa shape index (κ1) is 16.0. The van der Waals surface area contributed by atoms with Crippen molar-refractivity contribution in [1.29, 1.82) is 0 Å². The maximum absolute atomic E-state index is 6.31. The Balaban J connectivity index is 1.96. The highest BCUT2D eigenvalue weighted by molar-refractivity contribution is 5.27. The van der Waals surface area contributed by atoms with Crippen LogP contribution in [0.25, 0.3) is 0 Å². The average Bonchev–Trinajstić information content (AvgIpc) is 2.58.